The maximum absolute atomic E-state index is 9.64. The highest BCUT2D eigenvalue weighted by Gasteiger charge is 2.32. The highest BCUT2D eigenvalue weighted by atomic mass is 79.9. The fraction of sp³-hybridized carbons (Fsp3) is 0.600. The summed E-state index contributed by atoms with van der Waals surface area (Å²) in [6.45, 7) is 1.77. The molecule has 0 unspecified atom stereocenters. The highest BCUT2D eigenvalue weighted by molar-refractivity contribution is 9.10. The number of hydrogen-bond acceptors (Lipinski definition) is 3. The predicted molar refractivity (Wildman–Crippen MR) is 78.5 cm³/mol. The van der Waals surface area contributed by atoms with E-state index in [0.29, 0.717) is 0 Å². The van der Waals surface area contributed by atoms with Gasteiger partial charge in [0.05, 0.1) is 13.2 Å². The number of fused-ring (bicyclic) bond motifs is 1. The summed E-state index contributed by atoms with van der Waals surface area (Å²) in [4.78, 5) is 0. The van der Waals surface area contributed by atoms with E-state index in [9.17, 15) is 5.11 Å². The monoisotopic (exact) mass is 325 g/mol. The van der Waals surface area contributed by atoms with Gasteiger partial charge in [-0.05, 0) is 30.5 Å². The largest absolute Gasteiger partial charge is 0.493 e. The Morgan fingerprint density at radius 1 is 1.32 bits per heavy atom. The summed E-state index contributed by atoms with van der Waals surface area (Å²) < 4.78 is 6.85. The zero-order valence-electron chi connectivity index (χ0n) is 11.0. The fourth-order valence-corrected chi connectivity index (χ4v) is 3.76. The number of hydrogen-bond donors (Lipinski definition) is 2. The van der Waals surface area contributed by atoms with Crippen LogP contribution in [0, 0.1) is 0 Å². The van der Waals surface area contributed by atoms with Gasteiger partial charge in [-0.1, -0.05) is 28.8 Å². The summed E-state index contributed by atoms with van der Waals surface area (Å²) in [5.74, 6) is 1.04. The van der Waals surface area contributed by atoms with E-state index in [2.05, 4.69) is 33.4 Å². The van der Waals surface area contributed by atoms with Gasteiger partial charge in [0.25, 0.3) is 0 Å². The van der Waals surface area contributed by atoms with Crippen molar-refractivity contribution in [2.24, 2.45) is 0 Å². The summed E-state index contributed by atoms with van der Waals surface area (Å²) in [5, 5.41) is 13.2. The molecule has 0 amide bonds. The Morgan fingerprint density at radius 3 is 2.84 bits per heavy atom. The van der Waals surface area contributed by atoms with Crippen LogP contribution in [0.4, 0.5) is 0 Å². The van der Waals surface area contributed by atoms with E-state index < -0.39 is 0 Å². The molecule has 3 rings (SSSR count). The number of nitrogens with one attached hydrogen (secondary N) is 1. The smallest absolute Gasteiger partial charge is 0.127 e. The third-order valence-electron chi connectivity index (χ3n) is 4.34. The predicted octanol–water partition coefficient (Wildman–Crippen LogP) is 2.78. The molecule has 1 aliphatic heterocycles. The Balaban J connectivity index is 1.77. The van der Waals surface area contributed by atoms with Crippen LogP contribution in [0.15, 0.2) is 16.6 Å². The quantitative estimate of drug-likeness (QED) is 0.894. The third kappa shape index (κ3) is 2.67. The number of benzene rings is 1. The molecule has 3 nitrogen and oxygen atoms in total. The van der Waals surface area contributed by atoms with E-state index in [1.807, 2.05) is 0 Å². The van der Waals surface area contributed by atoms with Crippen LogP contribution in [0.5, 0.6) is 5.75 Å². The van der Waals surface area contributed by atoms with Crippen molar-refractivity contribution in [2.75, 3.05) is 13.2 Å². The van der Waals surface area contributed by atoms with Crippen molar-refractivity contribution in [1.29, 1.82) is 0 Å². The van der Waals surface area contributed by atoms with Gasteiger partial charge in [0, 0.05) is 28.5 Å². The molecule has 1 heterocycles. The molecule has 0 radical (unpaired) electrons. The summed E-state index contributed by atoms with van der Waals surface area (Å²) >= 11 is 3.57. The molecule has 0 saturated heterocycles. The van der Waals surface area contributed by atoms with Gasteiger partial charge < -0.3 is 15.2 Å². The second-order valence-corrected chi connectivity index (χ2v) is 6.57. The zero-order chi connectivity index (χ0) is 13.3. The Labute approximate surface area is 122 Å². The van der Waals surface area contributed by atoms with Crippen LogP contribution >= 0.6 is 15.9 Å². The van der Waals surface area contributed by atoms with Crippen molar-refractivity contribution in [3.05, 3.63) is 27.7 Å². The molecule has 2 aliphatic rings. The molecule has 0 spiro atoms. The summed E-state index contributed by atoms with van der Waals surface area (Å²) in [5.41, 5.74) is 2.41. The van der Waals surface area contributed by atoms with Crippen LogP contribution in [-0.4, -0.2) is 23.9 Å². The van der Waals surface area contributed by atoms with Gasteiger partial charge in [0.2, 0.25) is 0 Å². The van der Waals surface area contributed by atoms with E-state index in [4.69, 9.17) is 4.74 Å². The Hall–Kier alpha value is -0.580. The van der Waals surface area contributed by atoms with Crippen molar-refractivity contribution in [2.45, 2.75) is 44.2 Å². The van der Waals surface area contributed by atoms with Gasteiger partial charge in [-0.3, -0.25) is 0 Å². The SMILES string of the molecule is OCC1(NCc2cc(Br)cc3c2OCC3)CCCC1. The van der Waals surface area contributed by atoms with E-state index in [-0.39, 0.29) is 12.1 Å². The van der Waals surface area contributed by atoms with Crippen LogP contribution in [0.1, 0.15) is 36.8 Å². The molecule has 0 aromatic heterocycles. The maximum atomic E-state index is 9.64. The maximum Gasteiger partial charge on any atom is 0.127 e. The summed E-state index contributed by atoms with van der Waals surface area (Å²) in [6, 6.07) is 4.26. The molecule has 19 heavy (non-hydrogen) atoms. The Kier molecular flexibility index (Phi) is 3.83. The average Bonchev–Trinajstić information content (AvgIpc) is 3.05. The lowest BCUT2D eigenvalue weighted by Gasteiger charge is -2.28. The van der Waals surface area contributed by atoms with E-state index in [0.717, 1.165) is 42.6 Å². The number of halogens is 1. The molecule has 4 heteroatoms. The Bertz CT molecular complexity index is 469. The van der Waals surface area contributed by atoms with Crippen LogP contribution in [0.25, 0.3) is 0 Å². The highest BCUT2D eigenvalue weighted by Crippen LogP contribution is 2.34. The van der Waals surface area contributed by atoms with Gasteiger partial charge in [-0.25, -0.2) is 0 Å². The van der Waals surface area contributed by atoms with Crippen LogP contribution in [0.3, 0.4) is 0 Å². The van der Waals surface area contributed by atoms with Crippen molar-refractivity contribution < 1.29 is 9.84 Å². The zero-order valence-corrected chi connectivity index (χ0v) is 12.6. The lowest BCUT2D eigenvalue weighted by Crippen LogP contribution is -2.45. The molecule has 1 fully saturated rings. The van der Waals surface area contributed by atoms with Gasteiger partial charge in [-0.15, -0.1) is 0 Å². The minimum Gasteiger partial charge on any atom is -0.493 e. The average molecular weight is 326 g/mol. The third-order valence-corrected chi connectivity index (χ3v) is 4.80. The van der Waals surface area contributed by atoms with Gasteiger partial charge in [0.15, 0.2) is 0 Å². The standard InChI is InChI=1S/C15H20BrNO2/c16-13-7-11-3-6-19-14(11)12(8-13)9-17-15(10-18)4-1-2-5-15/h7-8,17-18H,1-6,9-10H2. The first-order chi connectivity index (χ1) is 9.22. The van der Waals surface area contributed by atoms with Crippen molar-refractivity contribution in [3.8, 4) is 5.75 Å². The van der Waals surface area contributed by atoms with Crippen molar-refractivity contribution >= 4 is 15.9 Å². The topological polar surface area (TPSA) is 41.5 Å². The van der Waals surface area contributed by atoms with E-state index >= 15 is 0 Å². The van der Waals surface area contributed by atoms with Crippen LogP contribution in [-0.2, 0) is 13.0 Å². The first kappa shape index (κ1) is 13.4. The van der Waals surface area contributed by atoms with Crippen LogP contribution in [0.2, 0.25) is 0 Å². The number of rotatable bonds is 4. The van der Waals surface area contributed by atoms with Gasteiger partial charge in [0.1, 0.15) is 5.75 Å². The minimum atomic E-state index is -0.0756. The molecule has 1 saturated carbocycles. The summed E-state index contributed by atoms with van der Waals surface area (Å²) in [7, 11) is 0. The fourth-order valence-electron chi connectivity index (χ4n) is 3.20. The van der Waals surface area contributed by atoms with Gasteiger partial charge in [-0.2, -0.15) is 0 Å². The lowest BCUT2D eigenvalue weighted by atomic mass is 9.98. The first-order valence-electron chi connectivity index (χ1n) is 7.02. The molecular formula is C15H20BrNO2. The molecule has 2 N–H and O–H groups in total. The number of ether oxygens (including phenoxy) is 1. The molecule has 1 aromatic carbocycles. The minimum absolute atomic E-state index is 0.0756. The molecule has 1 aliphatic carbocycles. The van der Waals surface area contributed by atoms with Crippen LogP contribution < -0.4 is 10.1 Å². The van der Waals surface area contributed by atoms with Crippen molar-refractivity contribution in [1.82, 2.24) is 5.32 Å². The molecule has 1 aromatic rings. The molecule has 104 valence electrons. The van der Waals surface area contributed by atoms with E-state index in [1.54, 1.807) is 0 Å². The summed E-state index contributed by atoms with van der Waals surface area (Å²) in [6.07, 6.45) is 5.55. The molecular weight excluding hydrogens is 306 g/mol. The Morgan fingerprint density at radius 2 is 2.11 bits per heavy atom. The van der Waals surface area contributed by atoms with E-state index in [1.165, 1.54) is 24.0 Å². The molecule has 0 atom stereocenters. The lowest BCUT2D eigenvalue weighted by molar-refractivity contribution is 0.162. The number of aliphatic hydroxyl groups is 1. The van der Waals surface area contributed by atoms with Gasteiger partial charge >= 0.3 is 0 Å². The second-order valence-electron chi connectivity index (χ2n) is 5.65. The number of aliphatic hydroxyl groups excluding tert-OH is 1. The second kappa shape index (κ2) is 5.43. The first-order valence-corrected chi connectivity index (χ1v) is 7.82. The normalized spacial score (nSPS) is 20.3. The van der Waals surface area contributed by atoms with Crippen molar-refractivity contribution in [3.63, 3.8) is 0 Å². The molecule has 0 bridgehead atoms.